The summed E-state index contributed by atoms with van der Waals surface area (Å²) in [5, 5.41) is 7.81. The van der Waals surface area contributed by atoms with E-state index in [0.29, 0.717) is 18.1 Å². The van der Waals surface area contributed by atoms with Crippen LogP contribution in [0, 0.1) is 0 Å². The van der Waals surface area contributed by atoms with Gasteiger partial charge in [0.1, 0.15) is 5.75 Å². The van der Waals surface area contributed by atoms with Gasteiger partial charge in [0.05, 0.1) is 19.4 Å². The standard InChI is InChI=1S/C18H19N3O4S/c1-24-16-9-5-6-14(12-16)10-11-26(22,23)19-13-17-20-21-18(25-17)15-7-3-2-4-8-15/h2-9,12,19H,10-11,13H2,1H3. The second-order valence-corrected chi connectivity index (χ2v) is 7.53. The van der Waals surface area contributed by atoms with E-state index in [1.165, 1.54) is 0 Å². The molecule has 8 heteroatoms. The number of hydrogen-bond acceptors (Lipinski definition) is 6. The summed E-state index contributed by atoms with van der Waals surface area (Å²) in [7, 11) is -1.90. The first kappa shape index (κ1) is 18.1. The minimum Gasteiger partial charge on any atom is -0.497 e. The molecule has 0 fully saturated rings. The number of nitrogens with zero attached hydrogens (tertiary/aromatic N) is 2. The van der Waals surface area contributed by atoms with Crippen molar-refractivity contribution in [3.63, 3.8) is 0 Å². The van der Waals surface area contributed by atoms with Crippen LogP contribution >= 0.6 is 0 Å². The Labute approximate surface area is 152 Å². The lowest BCUT2D eigenvalue weighted by atomic mass is 10.2. The van der Waals surface area contributed by atoms with Crippen LogP contribution in [-0.2, 0) is 23.0 Å². The van der Waals surface area contributed by atoms with Crippen molar-refractivity contribution in [2.24, 2.45) is 0 Å². The quantitative estimate of drug-likeness (QED) is 0.652. The predicted molar refractivity (Wildman–Crippen MR) is 97.1 cm³/mol. The van der Waals surface area contributed by atoms with Gasteiger partial charge in [-0.25, -0.2) is 13.1 Å². The molecule has 0 bridgehead atoms. The van der Waals surface area contributed by atoms with Crippen LogP contribution in [-0.4, -0.2) is 31.5 Å². The van der Waals surface area contributed by atoms with Crippen LogP contribution in [0.15, 0.2) is 59.0 Å². The molecule has 0 spiro atoms. The summed E-state index contributed by atoms with van der Waals surface area (Å²) in [6, 6.07) is 16.6. The number of nitrogens with one attached hydrogen (secondary N) is 1. The number of aryl methyl sites for hydroxylation is 1. The van der Waals surface area contributed by atoms with Crippen LogP contribution in [0.1, 0.15) is 11.5 Å². The first-order chi connectivity index (χ1) is 12.6. The largest absolute Gasteiger partial charge is 0.497 e. The topological polar surface area (TPSA) is 94.3 Å². The van der Waals surface area contributed by atoms with E-state index in [2.05, 4.69) is 14.9 Å². The van der Waals surface area contributed by atoms with Gasteiger partial charge in [-0.3, -0.25) is 0 Å². The molecule has 3 rings (SSSR count). The molecule has 1 N–H and O–H groups in total. The number of sulfonamides is 1. The Balaban J connectivity index is 1.56. The van der Waals surface area contributed by atoms with Gasteiger partial charge in [-0.2, -0.15) is 0 Å². The summed E-state index contributed by atoms with van der Waals surface area (Å²) in [5.74, 6) is 1.23. The van der Waals surface area contributed by atoms with Crippen molar-refractivity contribution in [1.82, 2.24) is 14.9 Å². The van der Waals surface area contributed by atoms with Crippen molar-refractivity contribution in [3.8, 4) is 17.2 Å². The zero-order valence-electron chi connectivity index (χ0n) is 14.3. The van der Waals surface area contributed by atoms with Crippen LogP contribution in [0.5, 0.6) is 5.75 Å². The summed E-state index contributed by atoms with van der Waals surface area (Å²) in [6.45, 7) is -0.0414. The molecule has 2 aromatic carbocycles. The highest BCUT2D eigenvalue weighted by molar-refractivity contribution is 7.89. The minimum absolute atomic E-state index is 0.0414. The van der Waals surface area contributed by atoms with Crippen molar-refractivity contribution >= 4 is 10.0 Å². The van der Waals surface area contributed by atoms with Crippen molar-refractivity contribution in [3.05, 3.63) is 66.1 Å². The highest BCUT2D eigenvalue weighted by Crippen LogP contribution is 2.17. The van der Waals surface area contributed by atoms with E-state index in [4.69, 9.17) is 9.15 Å². The first-order valence-electron chi connectivity index (χ1n) is 8.04. The SMILES string of the molecule is COc1cccc(CCS(=O)(=O)NCc2nnc(-c3ccccc3)o2)c1. The number of benzene rings is 2. The normalized spacial score (nSPS) is 11.4. The van der Waals surface area contributed by atoms with Crippen LogP contribution in [0.2, 0.25) is 0 Å². The highest BCUT2D eigenvalue weighted by atomic mass is 32.2. The third-order valence-corrected chi connectivity index (χ3v) is 5.05. The molecule has 0 radical (unpaired) electrons. The maximum atomic E-state index is 12.2. The molecule has 26 heavy (non-hydrogen) atoms. The lowest BCUT2D eigenvalue weighted by Crippen LogP contribution is -2.27. The fourth-order valence-electron chi connectivity index (χ4n) is 2.35. The molecule has 136 valence electrons. The second kappa shape index (κ2) is 8.11. The maximum Gasteiger partial charge on any atom is 0.247 e. The van der Waals surface area contributed by atoms with Crippen molar-refractivity contribution in [2.75, 3.05) is 12.9 Å². The van der Waals surface area contributed by atoms with E-state index in [-0.39, 0.29) is 18.2 Å². The molecule has 1 aromatic heterocycles. The second-order valence-electron chi connectivity index (χ2n) is 5.61. The van der Waals surface area contributed by atoms with Gasteiger partial charge < -0.3 is 9.15 Å². The van der Waals surface area contributed by atoms with Gasteiger partial charge in [0.25, 0.3) is 0 Å². The molecule has 0 aliphatic carbocycles. The Morgan fingerprint density at radius 1 is 1.08 bits per heavy atom. The van der Waals surface area contributed by atoms with Gasteiger partial charge in [-0.1, -0.05) is 30.3 Å². The molecule has 0 atom stereocenters. The fourth-order valence-corrected chi connectivity index (χ4v) is 3.34. The van der Waals surface area contributed by atoms with E-state index in [9.17, 15) is 8.42 Å². The van der Waals surface area contributed by atoms with Crippen molar-refractivity contribution in [1.29, 1.82) is 0 Å². The van der Waals surface area contributed by atoms with Crippen molar-refractivity contribution in [2.45, 2.75) is 13.0 Å². The molecular weight excluding hydrogens is 354 g/mol. The number of methoxy groups -OCH3 is 1. The predicted octanol–water partition coefficient (Wildman–Crippen LogP) is 2.41. The van der Waals surface area contributed by atoms with E-state index < -0.39 is 10.0 Å². The fraction of sp³-hybridized carbons (Fsp3) is 0.222. The van der Waals surface area contributed by atoms with E-state index in [1.807, 2.05) is 54.6 Å². The van der Waals surface area contributed by atoms with Gasteiger partial charge in [0.15, 0.2) is 0 Å². The van der Waals surface area contributed by atoms with Gasteiger partial charge in [0.2, 0.25) is 21.8 Å². The van der Waals surface area contributed by atoms with E-state index >= 15 is 0 Å². The van der Waals surface area contributed by atoms with Gasteiger partial charge in [-0.05, 0) is 36.2 Å². The van der Waals surface area contributed by atoms with Crippen LogP contribution < -0.4 is 9.46 Å². The maximum absolute atomic E-state index is 12.2. The number of hydrogen-bond donors (Lipinski definition) is 1. The molecule has 0 aliphatic heterocycles. The Kier molecular flexibility index (Phi) is 5.65. The molecule has 0 aliphatic rings. The number of rotatable bonds is 8. The monoisotopic (exact) mass is 373 g/mol. The van der Waals surface area contributed by atoms with Gasteiger partial charge >= 0.3 is 0 Å². The molecule has 0 amide bonds. The molecule has 3 aromatic rings. The average Bonchev–Trinajstić information content (AvgIpc) is 3.15. The Morgan fingerprint density at radius 2 is 1.88 bits per heavy atom. The Bertz CT molecular complexity index is 955. The molecule has 7 nitrogen and oxygen atoms in total. The molecule has 0 unspecified atom stereocenters. The minimum atomic E-state index is -3.47. The zero-order chi connectivity index (χ0) is 18.4. The highest BCUT2D eigenvalue weighted by Gasteiger charge is 2.14. The van der Waals surface area contributed by atoms with Crippen LogP contribution in [0.3, 0.4) is 0 Å². The average molecular weight is 373 g/mol. The Morgan fingerprint density at radius 3 is 2.65 bits per heavy atom. The lowest BCUT2D eigenvalue weighted by molar-refractivity contribution is 0.414. The molecule has 0 saturated carbocycles. The summed E-state index contributed by atoms with van der Waals surface area (Å²) in [6.07, 6.45) is 0.381. The third kappa shape index (κ3) is 4.90. The molecular formula is C18H19N3O4S. The molecule has 1 heterocycles. The van der Waals surface area contributed by atoms with E-state index in [1.54, 1.807) is 7.11 Å². The summed E-state index contributed by atoms with van der Waals surface area (Å²) >= 11 is 0. The van der Waals surface area contributed by atoms with E-state index in [0.717, 1.165) is 11.1 Å². The van der Waals surface area contributed by atoms with Crippen LogP contribution in [0.25, 0.3) is 11.5 Å². The smallest absolute Gasteiger partial charge is 0.247 e. The first-order valence-corrected chi connectivity index (χ1v) is 9.69. The zero-order valence-corrected chi connectivity index (χ0v) is 15.1. The Hall–Kier alpha value is -2.71. The lowest BCUT2D eigenvalue weighted by Gasteiger charge is -2.06. The van der Waals surface area contributed by atoms with Crippen LogP contribution in [0.4, 0.5) is 0 Å². The third-order valence-electron chi connectivity index (χ3n) is 3.72. The van der Waals surface area contributed by atoms with Gasteiger partial charge in [0, 0.05) is 5.56 Å². The molecule has 0 saturated heterocycles. The number of aromatic nitrogens is 2. The summed E-state index contributed by atoms with van der Waals surface area (Å²) in [4.78, 5) is 0. The summed E-state index contributed by atoms with van der Waals surface area (Å²) in [5.41, 5.74) is 1.67. The summed E-state index contributed by atoms with van der Waals surface area (Å²) < 4.78 is 37.5. The van der Waals surface area contributed by atoms with Gasteiger partial charge in [-0.15, -0.1) is 10.2 Å². The van der Waals surface area contributed by atoms with Crippen molar-refractivity contribution < 1.29 is 17.6 Å². The number of ether oxygens (including phenoxy) is 1.